The molecule has 1 aliphatic rings. The number of nitrogens with one attached hydrogen (secondary N) is 1. The summed E-state index contributed by atoms with van der Waals surface area (Å²) in [6.45, 7) is 0. The Morgan fingerprint density at radius 2 is 1.86 bits per heavy atom. The lowest BCUT2D eigenvalue weighted by molar-refractivity contribution is 0.412. The van der Waals surface area contributed by atoms with Gasteiger partial charge in [0.05, 0.1) is 11.6 Å². The maximum Gasteiger partial charge on any atom is 0.137 e. The number of aliphatic imine (C=N–C) groups is 1. The maximum absolute atomic E-state index is 13.7. The number of hydrogen-bond donors (Lipinski definition) is 2. The smallest absolute Gasteiger partial charge is 0.137 e. The van der Waals surface area contributed by atoms with E-state index in [4.69, 9.17) is 9.73 Å². The number of methoxy groups -OCH3 is 1. The summed E-state index contributed by atoms with van der Waals surface area (Å²) in [6, 6.07) is 19.8. The fraction of sp³-hybridized carbons (Fsp3) is 0.174. The van der Waals surface area contributed by atoms with Crippen molar-refractivity contribution in [1.82, 2.24) is 5.32 Å². The molecule has 0 aliphatic carbocycles. The molecule has 1 heterocycles. The van der Waals surface area contributed by atoms with E-state index in [0.29, 0.717) is 10.9 Å². The normalized spacial score (nSPS) is 18.9. The number of phenols is 1. The van der Waals surface area contributed by atoms with E-state index in [1.807, 2.05) is 36.4 Å². The molecule has 4 rings (SSSR count). The van der Waals surface area contributed by atoms with Crippen LogP contribution in [0.2, 0.25) is 0 Å². The van der Waals surface area contributed by atoms with Crippen molar-refractivity contribution < 1.29 is 14.2 Å². The van der Waals surface area contributed by atoms with Gasteiger partial charge in [-0.15, -0.1) is 0 Å². The molecule has 29 heavy (non-hydrogen) atoms. The van der Waals surface area contributed by atoms with Gasteiger partial charge in [0.1, 0.15) is 23.5 Å². The number of nitrogens with zero attached hydrogens (tertiary/aromatic N) is 1. The van der Waals surface area contributed by atoms with Crippen molar-refractivity contribution in [1.29, 1.82) is 0 Å². The third-order valence-corrected chi connectivity index (χ3v) is 5.64. The van der Waals surface area contributed by atoms with Crippen LogP contribution in [-0.4, -0.2) is 17.9 Å². The molecule has 3 aromatic rings. The van der Waals surface area contributed by atoms with E-state index in [2.05, 4.69) is 21.2 Å². The van der Waals surface area contributed by atoms with Crippen molar-refractivity contribution in [3.63, 3.8) is 0 Å². The van der Waals surface area contributed by atoms with Gasteiger partial charge < -0.3 is 9.84 Å². The molecule has 1 aliphatic heterocycles. The van der Waals surface area contributed by atoms with Crippen LogP contribution in [0.1, 0.15) is 35.3 Å². The highest BCUT2D eigenvalue weighted by atomic mass is 79.9. The van der Waals surface area contributed by atoms with E-state index in [-0.39, 0.29) is 23.8 Å². The molecule has 0 unspecified atom stereocenters. The predicted molar refractivity (Wildman–Crippen MR) is 115 cm³/mol. The summed E-state index contributed by atoms with van der Waals surface area (Å²) < 4.78 is 19.4. The van der Waals surface area contributed by atoms with E-state index >= 15 is 0 Å². The zero-order valence-corrected chi connectivity index (χ0v) is 17.4. The van der Waals surface area contributed by atoms with E-state index in [1.165, 1.54) is 6.07 Å². The molecule has 0 saturated heterocycles. The number of aromatic hydroxyl groups is 1. The van der Waals surface area contributed by atoms with Crippen LogP contribution in [0.3, 0.4) is 0 Å². The summed E-state index contributed by atoms with van der Waals surface area (Å²) in [5.41, 5.74) is 3.54. The van der Waals surface area contributed by atoms with Gasteiger partial charge in [-0.25, -0.2) is 4.39 Å². The highest BCUT2D eigenvalue weighted by Crippen LogP contribution is 2.35. The van der Waals surface area contributed by atoms with Crippen LogP contribution in [-0.2, 0) is 0 Å². The van der Waals surface area contributed by atoms with Crippen LogP contribution in [0.15, 0.2) is 76.2 Å². The maximum atomic E-state index is 13.7. The van der Waals surface area contributed by atoms with Crippen molar-refractivity contribution >= 4 is 21.6 Å². The number of hydrogen-bond acceptors (Lipinski definition) is 4. The molecule has 0 radical (unpaired) electrons. The van der Waals surface area contributed by atoms with E-state index < -0.39 is 0 Å². The fourth-order valence-corrected chi connectivity index (χ4v) is 3.90. The van der Waals surface area contributed by atoms with Gasteiger partial charge in [-0.3, -0.25) is 10.3 Å². The number of rotatable bonds is 4. The molecule has 4 nitrogen and oxygen atoms in total. The van der Waals surface area contributed by atoms with E-state index in [0.717, 1.165) is 28.2 Å². The van der Waals surface area contributed by atoms with Crippen LogP contribution < -0.4 is 10.1 Å². The van der Waals surface area contributed by atoms with Crippen LogP contribution in [0.4, 0.5) is 4.39 Å². The predicted octanol–water partition coefficient (Wildman–Crippen LogP) is 5.52. The molecule has 0 spiro atoms. The number of benzene rings is 3. The minimum absolute atomic E-state index is 0.139. The Kier molecular flexibility index (Phi) is 5.65. The molecular weight excluding hydrogens is 435 g/mol. The molecular formula is C23H20BrFN2O2. The molecule has 3 aromatic carbocycles. The largest absolute Gasteiger partial charge is 0.508 e. The summed E-state index contributed by atoms with van der Waals surface area (Å²) in [6.07, 6.45) is 0.241. The van der Waals surface area contributed by atoms with Gasteiger partial charge in [0, 0.05) is 23.7 Å². The standard InChI is InChI=1S/C23H20BrFN2O2/c1-29-16-9-6-14(7-10-16)20-13-21(17-4-2-3-5-22(17)28)27-23(26-20)15-8-11-19(25)18(24)12-15/h2-12,21,23,27-28H,13H2,1H3/t21-,23-/m0/s1. The Bertz CT molecular complexity index is 1050. The third kappa shape index (κ3) is 4.18. The molecule has 0 bridgehead atoms. The summed E-state index contributed by atoms with van der Waals surface area (Å²) >= 11 is 3.26. The van der Waals surface area contributed by atoms with Gasteiger partial charge in [0.2, 0.25) is 0 Å². The van der Waals surface area contributed by atoms with Gasteiger partial charge in [0.25, 0.3) is 0 Å². The Balaban J connectivity index is 1.75. The zero-order valence-electron chi connectivity index (χ0n) is 15.8. The van der Waals surface area contributed by atoms with E-state index in [1.54, 1.807) is 31.4 Å². The van der Waals surface area contributed by atoms with Gasteiger partial charge in [-0.2, -0.15) is 0 Å². The SMILES string of the molecule is COc1ccc(C2=N[C@H](c3ccc(F)c(Br)c3)N[C@H](c3ccccc3O)C2)cc1. The Labute approximate surface area is 177 Å². The zero-order chi connectivity index (χ0) is 20.4. The first kappa shape index (κ1) is 19.6. The van der Waals surface area contributed by atoms with Crippen LogP contribution >= 0.6 is 15.9 Å². The number of halogens is 2. The van der Waals surface area contributed by atoms with Crippen molar-refractivity contribution in [3.05, 3.63) is 93.7 Å². The molecule has 148 valence electrons. The molecule has 0 aromatic heterocycles. The van der Waals surface area contributed by atoms with E-state index in [9.17, 15) is 9.50 Å². The lowest BCUT2D eigenvalue weighted by Gasteiger charge is -2.31. The number of ether oxygens (including phenoxy) is 1. The highest BCUT2D eigenvalue weighted by Gasteiger charge is 2.27. The second-order valence-corrected chi connectivity index (χ2v) is 7.72. The molecule has 0 amide bonds. The summed E-state index contributed by atoms with van der Waals surface area (Å²) in [5, 5.41) is 13.9. The van der Waals surface area contributed by atoms with Crippen LogP contribution in [0.25, 0.3) is 0 Å². The van der Waals surface area contributed by atoms with Crippen molar-refractivity contribution in [2.75, 3.05) is 7.11 Å². The quantitative estimate of drug-likeness (QED) is 0.545. The lowest BCUT2D eigenvalue weighted by atomic mass is 9.93. The first-order valence-electron chi connectivity index (χ1n) is 9.25. The lowest BCUT2D eigenvalue weighted by Crippen LogP contribution is -2.33. The fourth-order valence-electron chi connectivity index (χ4n) is 3.50. The molecule has 2 N–H and O–H groups in total. The number of phenolic OH excluding ortho intramolecular Hbond substituents is 1. The van der Waals surface area contributed by atoms with Gasteiger partial charge in [-0.1, -0.05) is 24.3 Å². The number of para-hydroxylation sites is 1. The second kappa shape index (κ2) is 8.35. The van der Waals surface area contributed by atoms with Gasteiger partial charge >= 0.3 is 0 Å². The molecule has 6 heteroatoms. The summed E-state index contributed by atoms with van der Waals surface area (Å²) in [4.78, 5) is 4.89. The second-order valence-electron chi connectivity index (χ2n) is 6.86. The first-order valence-corrected chi connectivity index (χ1v) is 10.0. The van der Waals surface area contributed by atoms with Crippen molar-refractivity contribution in [3.8, 4) is 11.5 Å². The third-order valence-electron chi connectivity index (χ3n) is 5.04. The van der Waals surface area contributed by atoms with Crippen LogP contribution in [0, 0.1) is 5.82 Å². The molecule has 0 saturated carbocycles. The monoisotopic (exact) mass is 454 g/mol. The first-order chi connectivity index (χ1) is 14.0. The van der Waals surface area contributed by atoms with Gasteiger partial charge in [-0.05, 0) is 69.5 Å². The topological polar surface area (TPSA) is 53.8 Å². The minimum Gasteiger partial charge on any atom is -0.508 e. The van der Waals surface area contributed by atoms with Crippen molar-refractivity contribution in [2.24, 2.45) is 4.99 Å². The molecule has 0 fully saturated rings. The Hall–Kier alpha value is -2.70. The summed E-state index contributed by atoms with van der Waals surface area (Å²) in [5.74, 6) is 0.695. The summed E-state index contributed by atoms with van der Waals surface area (Å²) in [7, 11) is 1.63. The van der Waals surface area contributed by atoms with Crippen molar-refractivity contribution in [2.45, 2.75) is 18.6 Å². The highest BCUT2D eigenvalue weighted by molar-refractivity contribution is 9.10. The average Bonchev–Trinajstić information content (AvgIpc) is 2.75. The minimum atomic E-state index is -0.373. The van der Waals surface area contributed by atoms with Gasteiger partial charge in [0.15, 0.2) is 0 Å². The average molecular weight is 455 g/mol. The van der Waals surface area contributed by atoms with Crippen LogP contribution in [0.5, 0.6) is 11.5 Å². The Morgan fingerprint density at radius 3 is 2.55 bits per heavy atom. The molecule has 2 atom stereocenters. The Morgan fingerprint density at radius 1 is 1.10 bits per heavy atom.